The van der Waals surface area contributed by atoms with E-state index in [-0.39, 0.29) is 34.0 Å². The van der Waals surface area contributed by atoms with Crippen LogP contribution in [0.25, 0.3) is 11.4 Å². The Labute approximate surface area is 205 Å². The smallest absolute Gasteiger partial charge is 0.252 e. The second-order valence-electron chi connectivity index (χ2n) is 7.52. The molecule has 0 radical (unpaired) electrons. The van der Waals surface area contributed by atoms with Crippen LogP contribution in [0.15, 0.2) is 67.0 Å². The molecule has 1 aromatic heterocycles. The van der Waals surface area contributed by atoms with Crippen LogP contribution in [-0.2, 0) is 0 Å². The number of rotatable bonds is 8. The van der Waals surface area contributed by atoms with Gasteiger partial charge >= 0.3 is 0 Å². The zero-order valence-electron chi connectivity index (χ0n) is 18.9. The van der Waals surface area contributed by atoms with Crippen LogP contribution in [0.5, 0.6) is 11.5 Å². The molecule has 13 heteroatoms. The number of hydrazine groups is 2. The van der Waals surface area contributed by atoms with Crippen molar-refractivity contribution in [3.05, 3.63) is 89.5 Å². The number of aromatic nitrogens is 1. The molecular weight excluding hydrogens is 466 g/mol. The summed E-state index contributed by atoms with van der Waals surface area (Å²) < 4.78 is 0. The predicted octanol–water partition coefficient (Wildman–Crippen LogP) is -0.0346. The van der Waals surface area contributed by atoms with E-state index in [1.807, 2.05) is 0 Å². The molecule has 2 amide bonds. The number of anilines is 2. The molecule has 3 aromatic rings. The number of primary amides is 2. The van der Waals surface area contributed by atoms with E-state index in [2.05, 4.69) is 4.98 Å². The van der Waals surface area contributed by atoms with Crippen molar-refractivity contribution in [1.82, 2.24) is 4.98 Å². The molecule has 0 saturated heterocycles. The van der Waals surface area contributed by atoms with E-state index in [1.54, 1.807) is 18.2 Å². The van der Waals surface area contributed by atoms with E-state index >= 15 is 0 Å². The molecule has 13 nitrogen and oxygen atoms in total. The number of pyridine rings is 1. The SMILES string of the molecule is NC(=O)c1ccc(N(N)/C=C(\N)c2cccc(/C(N)=C/N(N)c3ccc(C(N)=O)c(O)c3)n2)cc1O. The first-order chi connectivity index (χ1) is 17.0. The first kappa shape index (κ1) is 25.4. The van der Waals surface area contributed by atoms with Gasteiger partial charge in [0.1, 0.15) is 11.5 Å². The van der Waals surface area contributed by atoms with Gasteiger partial charge in [-0.15, -0.1) is 0 Å². The molecule has 14 N–H and O–H groups in total. The standard InChI is InChI=1S/C23H25N9O4/c24-16(10-31(28)12-4-6-14(22(26)35)20(33)8-12)18-2-1-3-19(30-18)17(25)11-32(29)13-5-7-15(23(27)36)21(34)9-13/h1-11,33-34H,24-25,28-29H2,(H2,26,35)(H2,27,36)/b16-10-,17-11-. The van der Waals surface area contributed by atoms with Crippen molar-refractivity contribution in [2.75, 3.05) is 10.0 Å². The molecular formula is C23H25N9O4. The van der Waals surface area contributed by atoms with Gasteiger partial charge in [0.2, 0.25) is 0 Å². The van der Waals surface area contributed by atoms with Gasteiger partial charge in [-0.3, -0.25) is 19.6 Å². The van der Waals surface area contributed by atoms with Gasteiger partial charge in [0, 0.05) is 24.5 Å². The van der Waals surface area contributed by atoms with Crippen LogP contribution in [0.2, 0.25) is 0 Å². The van der Waals surface area contributed by atoms with E-state index in [0.29, 0.717) is 22.8 Å². The summed E-state index contributed by atoms with van der Waals surface area (Å²) in [6, 6.07) is 13.1. The summed E-state index contributed by atoms with van der Waals surface area (Å²) >= 11 is 0. The summed E-state index contributed by atoms with van der Waals surface area (Å²) in [5.74, 6) is 9.81. The van der Waals surface area contributed by atoms with E-state index in [4.69, 9.17) is 34.6 Å². The minimum Gasteiger partial charge on any atom is -0.507 e. The van der Waals surface area contributed by atoms with Crippen LogP contribution < -0.4 is 44.6 Å². The zero-order chi connectivity index (χ0) is 26.6. The molecule has 3 rings (SSSR count). The molecule has 186 valence electrons. The number of carbonyl (C=O) groups is 2. The summed E-state index contributed by atoms with van der Waals surface area (Å²) in [5, 5.41) is 22.2. The molecule has 2 aromatic carbocycles. The number of nitrogens with two attached hydrogens (primary N) is 6. The summed E-state index contributed by atoms with van der Waals surface area (Å²) in [5.41, 5.74) is 24.2. The number of amides is 2. The molecule has 0 unspecified atom stereocenters. The number of hydrogen-bond donors (Lipinski definition) is 8. The van der Waals surface area contributed by atoms with Crippen LogP contribution in [0.4, 0.5) is 11.4 Å². The third kappa shape index (κ3) is 5.61. The Morgan fingerprint density at radius 3 is 1.42 bits per heavy atom. The summed E-state index contributed by atoms with van der Waals surface area (Å²) in [6.45, 7) is 0. The van der Waals surface area contributed by atoms with Crippen molar-refractivity contribution in [1.29, 1.82) is 0 Å². The van der Waals surface area contributed by atoms with Crippen LogP contribution in [-0.4, -0.2) is 27.0 Å². The molecule has 1 heterocycles. The monoisotopic (exact) mass is 491 g/mol. The Balaban J connectivity index is 1.82. The Hall–Kier alpha value is -5.27. The number of phenols is 2. The van der Waals surface area contributed by atoms with Gasteiger partial charge in [-0.2, -0.15) is 0 Å². The van der Waals surface area contributed by atoms with Gasteiger partial charge in [0.05, 0.1) is 45.3 Å². The average Bonchev–Trinajstić information content (AvgIpc) is 2.83. The number of hydrogen-bond acceptors (Lipinski definition) is 11. The number of carbonyl (C=O) groups excluding carboxylic acids is 2. The third-order valence-corrected chi connectivity index (χ3v) is 4.99. The number of aromatic hydroxyl groups is 2. The fourth-order valence-corrected chi connectivity index (χ4v) is 3.12. The molecule has 0 aliphatic rings. The summed E-state index contributed by atoms with van der Waals surface area (Å²) in [7, 11) is 0. The van der Waals surface area contributed by atoms with Crippen molar-refractivity contribution < 1.29 is 19.8 Å². The van der Waals surface area contributed by atoms with Crippen LogP contribution in [0, 0.1) is 0 Å². The van der Waals surface area contributed by atoms with E-state index in [9.17, 15) is 19.8 Å². The van der Waals surface area contributed by atoms with Gasteiger partial charge in [-0.05, 0) is 36.4 Å². The summed E-state index contributed by atoms with van der Waals surface area (Å²) in [4.78, 5) is 27.0. The number of nitrogens with zero attached hydrogens (tertiary/aromatic N) is 3. The van der Waals surface area contributed by atoms with E-state index < -0.39 is 11.8 Å². The minimum atomic E-state index is -0.778. The second kappa shape index (κ2) is 10.3. The highest BCUT2D eigenvalue weighted by molar-refractivity contribution is 5.96. The molecule has 0 spiro atoms. The quantitative estimate of drug-likeness (QED) is 0.153. The lowest BCUT2D eigenvalue weighted by molar-refractivity contribution is 0.0989. The van der Waals surface area contributed by atoms with E-state index in [0.717, 1.165) is 10.0 Å². The molecule has 0 saturated carbocycles. The van der Waals surface area contributed by atoms with Gasteiger partial charge in [0.15, 0.2) is 0 Å². The molecule has 0 atom stereocenters. The van der Waals surface area contributed by atoms with Crippen molar-refractivity contribution in [3.63, 3.8) is 0 Å². The van der Waals surface area contributed by atoms with Gasteiger partial charge in [0.25, 0.3) is 11.8 Å². The minimum absolute atomic E-state index is 0.0475. The van der Waals surface area contributed by atoms with Gasteiger partial charge < -0.3 is 33.1 Å². The Kier molecular flexibility index (Phi) is 7.28. The number of benzene rings is 2. The lowest BCUT2D eigenvalue weighted by atomic mass is 10.1. The first-order valence-electron chi connectivity index (χ1n) is 10.2. The average molecular weight is 492 g/mol. The largest absolute Gasteiger partial charge is 0.507 e. The summed E-state index contributed by atoms with van der Waals surface area (Å²) in [6.07, 6.45) is 2.73. The van der Waals surface area contributed by atoms with Crippen molar-refractivity contribution in [2.24, 2.45) is 34.6 Å². The maximum absolute atomic E-state index is 11.3. The fraction of sp³-hybridized carbons (Fsp3) is 0. The lowest BCUT2D eigenvalue weighted by Crippen LogP contribution is -2.26. The molecule has 0 bridgehead atoms. The molecule has 0 fully saturated rings. The van der Waals surface area contributed by atoms with Crippen LogP contribution >= 0.6 is 0 Å². The van der Waals surface area contributed by atoms with Gasteiger partial charge in [-0.25, -0.2) is 16.7 Å². The van der Waals surface area contributed by atoms with E-state index in [1.165, 1.54) is 48.8 Å². The van der Waals surface area contributed by atoms with Crippen molar-refractivity contribution in [2.45, 2.75) is 0 Å². The highest BCUT2D eigenvalue weighted by Crippen LogP contribution is 2.25. The second-order valence-corrected chi connectivity index (χ2v) is 7.52. The highest BCUT2D eigenvalue weighted by atomic mass is 16.3. The Morgan fingerprint density at radius 2 is 1.08 bits per heavy atom. The lowest BCUT2D eigenvalue weighted by Gasteiger charge is -2.17. The van der Waals surface area contributed by atoms with Crippen LogP contribution in [0.3, 0.4) is 0 Å². The third-order valence-electron chi connectivity index (χ3n) is 4.99. The maximum Gasteiger partial charge on any atom is 0.252 e. The topological polar surface area (TPSA) is 250 Å². The maximum atomic E-state index is 11.3. The Bertz CT molecular complexity index is 1290. The van der Waals surface area contributed by atoms with Crippen molar-refractivity contribution >= 4 is 34.6 Å². The van der Waals surface area contributed by atoms with Crippen LogP contribution in [0.1, 0.15) is 32.1 Å². The fourth-order valence-electron chi connectivity index (χ4n) is 3.12. The van der Waals surface area contributed by atoms with Crippen molar-refractivity contribution in [3.8, 4) is 11.5 Å². The normalized spacial score (nSPS) is 11.7. The predicted molar refractivity (Wildman–Crippen MR) is 135 cm³/mol. The first-order valence-corrected chi connectivity index (χ1v) is 10.2. The highest BCUT2D eigenvalue weighted by Gasteiger charge is 2.12. The molecule has 36 heavy (non-hydrogen) atoms. The Morgan fingerprint density at radius 1 is 0.694 bits per heavy atom. The molecule has 0 aliphatic carbocycles. The zero-order valence-corrected chi connectivity index (χ0v) is 18.9. The molecule has 0 aliphatic heterocycles. The van der Waals surface area contributed by atoms with Gasteiger partial charge in [-0.1, -0.05) is 6.07 Å².